The van der Waals surface area contributed by atoms with Crippen LogP contribution in [0.4, 0.5) is 5.69 Å². The number of anilines is 1. The van der Waals surface area contributed by atoms with Gasteiger partial charge in [0.15, 0.2) is 0 Å². The van der Waals surface area contributed by atoms with Gasteiger partial charge >= 0.3 is 0 Å². The van der Waals surface area contributed by atoms with Crippen LogP contribution in [0, 0.1) is 6.92 Å². The number of hydrogen-bond acceptors (Lipinski definition) is 5. The van der Waals surface area contributed by atoms with Crippen LogP contribution in [0.15, 0.2) is 121 Å². The molecule has 0 saturated heterocycles. The number of allylic oxidation sites excluding steroid dienone is 9. The Labute approximate surface area is 217 Å². The van der Waals surface area contributed by atoms with Gasteiger partial charge in [0, 0.05) is 74.4 Å². The highest BCUT2D eigenvalue weighted by Gasteiger charge is 2.11. The monoisotopic (exact) mass is 481 g/mol. The summed E-state index contributed by atoms with van der Waals surface area (Å²) in [7, 11) is 5.92. The maximum absolute atomic E-state index is 4.44. The first-order chi connectivity index (χ1) is 17.2. The zero-order valence-electron chi connectivity index (χ0n) is 22.5. The van der Waals surface area contributed by atoms with Crippen molar-refractivity contribution < 1.29 is 0 Å². The molecule has 0 aliphatic rings. The maximum Gasteiger partial charge on any atom is 0.0604 e. The lowest BCUT2D eigenvalue weighted by atomic mass is 9.98. The van der Waals surface area contributed by atoms with Crippen LogP contribution in [0.2, 0.25) is 0 Å². The zero-order valence-corrected chi connectivity index (χ0v) is 22.5. The number of hydrogen-bond donors (Lipinski definition) is 2. The second kappa shape index (κ2) is 13.7. The first kappa shape index (κ1) is 28.1. The van der Waals surface area contributed by atoms with Crippen LogP contribution in [-0.4, -0.2) is 36.0 Å². The first-order valence-electron chi connectivity index (χ1n) is 12.0. The standard InChI is InChI=1S/C31H39N5/c1-10-25(18-28(11-2)36(8)9)22(4)16-27(30(12-3)32-7)17-23(5)35-31-21-34-20-29(24(31)6)26-14-13-15-33-19-26/h10-16,18-21,32,35H,2,4-5,17H2,1,3,6-9H3/b25-10+,27-16-,28-18+,30-12+. The van der Waals surface area contributed by atoms with Gasteiger partial charge in [0.25, 0.3) is 0 Å². The minimum Gasteiger partial charge on any atom is -0.388 e. The highest BCUT2D eigenvalue weighted by molar-refractivity contribution is 5.72. The second-order valence-corrected chi connectivity index (χ2v) is 8.57. The molecule has 5 heteroatoms. The molecule has 0 aliphatic heterocycles. The molecule has 0 radical (unpaired) electrons. The van der Waals surface area contributed by atoms with Crippen LogP contribution in [0.1, 0.15) is 25.8 Å². The van der Waals surface area contributed by atoms with E-state index in [0.717, 1.165) is 56.2 Å². The molecular weight excluding hydrogens is 442 g/mol. The van der Waals surface area contributed by atoms with Crippen molar-refractivity contribution in [1.29, 1.82) is 0 Å². The van der Waals surface area contributed by atoms with Gasteiger partial charge in [-0.15, -0.1) is 0 Å². The van der Waals surface area contributed by atoms with E-state index >= 15 is 0 Å². The van der Waals surface area contributed by atoms with Crippen molar-refractivity contribution >= 4 is 5.69 Å². The molecule has 188 valence electrons. The SMILES string of the molecule is C=C/C(=C\C(=C/C)C(=C)/C=C(CC(=C)Nc1cncc(-c2cccnc2)c1C)\C(=C/C)NC)N(C)C. The summed E-state index contributed by atoms with van der Waals surface area (Å²) in [5, 5.41) is 6.78. The molecule has 0 saturated carbocycles. The van der Waals surface area contributed by atoms with Crippen molar-refractivity contribution in [1.82, 2.24) is 20.2 Å². The summed E-state index contributed by atoms with van der Waals surface area (Å²) in [4.78, 5) is 10.7. The average molecular weight is 482 g/mol. The van der Waals surface area contributed by atoms with Crippen molar-refractivity contribution in [2.45, 2.75) is 27.2 Å². The molecule has 0 amide bonds. The quantitative estimate of drug-likeness (QED) is 0.321. The molecular formula is C31H39N5. The zero-order chi connectivity index (χ0) is 26.7. The van der Waals surface area contributed by atoms with Crippen molar-refractivity contribution in [3.8, 4) is 11.1 Å². The van der Waals surface area contributed by atoms with Gasteiger partial charge in [-0.1, -0.05) is 38.0 Å². The summed E-state index contributed by atoms with van der Waals surface area (Å²) in [6, 6.07) is 3.97. The maximum atomic E-state index is 4.44. The van der Waals surface area contributed by atoms with E-state index in [0.29, 0.717) is 6.42 Å². The van der Waals surface area contributed by atoms with Crippen molar-refractivity contribution in [3.05, 3.63) is 126 Å². The van der Waals surface area contributed by atoms with E-state index in [1.165, 1.54) is 0 Å². The third-order valence-corrected chi connectivity index (χ3v) is 5.87. The summed E-state index contributed by atoms with van der Waals surface area (Å²) in [6.45, 7) is 18.7. The van der Waals surface area contributed by atoms with Gasteiger partial charge in [-0.2, -0.15) is 0 Å². The molecule has 2 N–H and O–H groups in total. The van der Waals surface area contributed by atoms with Gasteiger partial charge in [-0.3, -0.25) is 9.97 Å². The Hall–Kier alpha value is -4.12. The first-order valence-corrected chi connectivity index (χ1v) is 12.0. The molecule has 0 fully saturated rings. The number of nitrogens with one attached hydrogen (secondary N) is 2. The lowest BCUT2D eigenvalue weighted by Crippen LogP contribution is -2.12. The number of rotatable bonds is 12. The average Bonchev–Trinajstić information content (AvgIpc) is 2.86. The highest BCUT2D eigenvalue weighted by atomic mass is 15.1. The molecule has 2 heterocycles. The number of likely N-dealkylation sites (N-methyl/N-ethyl adjacent to an activating group) is 2. The van der Waals surface area contributed by atoms with E-state index in [2.05, 4.69) is 71.6 Å². The van der Waals surface area contributed by atoms with E-state index in [4.69, 9.17) is 0 Å². The van der Waals surface area contributed by atoms with Gasteiger partial charge in [0.05, 0.1) is 11.9 Å². The Kier molecular flexibility index (Phi) is 10.7. The minimum atomic E-state index is 0.610. The third-order valence-electron chi connectivity index (χ3n) is 5.87. The Balaban J connectivity index is 2.34. The molecule has 0 unspecified atom stereocenters. The Morgan fingerprint density at radius 2 is 1.81 bits per heavy atom. The lowest BCUT2D eigenvalue weighted by Gasteiger charge is -2.18. The molecule has 2 aromatic heterocycles. The largest absolute Gasteiger partial charge is 0.388 e. The fraction of sp³-hybridized carbons (Fsp3) is 0.226. The molecule has 2 aromatic rings. The molecule has 2 rings (SSSR count). The topological polar surface area (TPSA) is 53.1 Å². The number of aromatic nitrogens is 2. The van der Waals surface area contributed by atoms with Crippen LogP contribution in [0.25, 0.3) is 11.1 Å². The van der Waals surface area contributed by atoms with Crippen LogP contribution in [0.5, 0.6) is 0 Å². The lowest BCUT2D eigenvalue weighted by molar-refractivity contribution is 0.530. The molecule has 0 spiro atoms. The number of pyridine rings is 2. The van der Waals surface area contributed by atoms with Crippen molar-refractivity contribution in [2.24, 2.45) is 0 Å². The van der Waals surface area contributed by atoms with Gasteiger partial charge in [0.2, 0.25) is 0 Å². The Morgan fingerprint density at radius 3 is 2.36 bits per heavy atom. The fourth-order valence-corrected chi connectivity index (χ4v) is 3.83. The Bertz CT molecular complexity index is 1210. The minimum absolute atomic E-state index is 0.610. The van der Waals surface area contributed by atoms with E-state index in [9.17, 15) is 0 Å². The smallest absolute Gasteiger partial charge is 0.0604 e. The third kappa shape index (κ3) is 7.44. The predicted molar refractivity (Wildman–Crippen MR) is 155 cm³/mol. The normalized spacial score (nSPS) is 12.7. The van der Waals surface area contributed by atoms with Crippen LogP contribution in [-0.2, 0) is 0 Å². The van der Waals surface area contributed by atoms with Gasteiger partial charge in [-0.05, 0) is 67.3 Å². The van der Waals surface area contributed by atoms with E-state index in [-0.39, 0.29) is 0 Å². The second-order valence-electron chi connectivity index (χ2n) is 8.57. The molecule has 0 aromatic carbocycles. The summed E-state index contributed by atoms with van der Waals surface area (Å²) in [5.74, 6) is 0. The van der Waals surface area contributed by atoms with Crippen molar-refractivity contribution in [3.63, 3.8) is 0 Å². The molecule has 36 heavy (non-hydrogen) atoms. The Morgan fingerprint density at radius 1 is 1.06 bits per heavy atom. The fourth-order valence-electron chi connectivity index (χ4n) is 3.83. The molecule has 0 bridgehead atoms. The van der Waals surface area contributed by atoms with Crippen LogP contribution < -0.4 is 10.6 Å². The molecule has 0 atom stereocenters. The summed E-state index contributed by atoms with van der Waals surface area (Å²) >= 11 is 0. The summed E-state index contributed by atoms with van der Waals surface area (Å²) in [6.07, 6.45) is 18.1. The van der Waals surface area contributed by atoms with Crippen molar-refractivity contribution in [2.75, 3.05) is 26.5 Å². The van der Waals surface area contributed by atoms with E-state index < -0.39 is 0 Å². The van der Waals surface area contributed by atoms with E-state index in [1.807, 2.05) is 76.7 Å². The van der Waals surface area contributed by atoms with Crippen LogP contribution >= 0.6 is 0 Å². The van der Waals surface area contributed by atoms with Gasteiger partial charge in [-0.25, -0.2) is 0 Å². The van der Waals surface area contributed by atoms with Crippen LogP contribution in [0.3, 0.4) is 0 Å². The highest BCUT2D eigenvalue weighted by Crippen LogP contribution is 2.29. The van der Waals surface area contributed by atoms with Gasteiger partial charge < -0.3 is 15.5 Å². The van der Waals surface area contributed by atoms with Gasteiger partial charge in [0.1, 0.15) is 0 Å². The van der Waals surface area contributed by atoms with E-state index in [1.54, 1.807) is 6.20 Å². The molecule has 0 aliphatic carbocycles. The predicted octanol–water partition coefficient (Wildman–Crippen LogP) is 6.95. The summed E-state index contributed by atoms with van der Waals surface area (Å²) < 4.78 is 0. The summed E-state index contributed by atoms with van der Waals surface area (Å²) in [5.41, 5.74) is 10.00. The number of nitrogens with zero attached hydrogens (tertiary/aromatic N) is 3. The molecule has 5 nitrogen and oxygen atoms in total.